The van der Waals surface area contributed by atoms with Gasteiger partial charge in [0.1, 0.15) is 5.82 Å². The normalized spacial score (nSPS) is 17.9. The van der Waals surface area contributed by atoms with Crippen molar-refractivity contribution in [3.63, 3.8) is 0 Å². The van der Waals surface area contributed by atoms with E-state index in [2.05, 4.69) is 5.32 Å². The van der Waals surface area contributed by atoms with Crippen LogP contribution in [0.15, 0.2) is 18.2 Å². The van der Waals surface area contributed by atoms with Gasteiger partial charge in [0.2, 0.25) is 5.91 Å². The van der Waals surface area contributed by atoms with Crippen molar-refractivity contribution in [2.24, 2.45) is 5.92 Å². The first-order valence-corrected chi connectivity index (χ1v) is 8.40. The monoisotopic (exact) mass is 340 g/mol. The number of likely N-dealkylation sites (tertiary alicyclic amines) is 1. The molecular weight excluding hydrogens is 319 g/mol. The van der Waals surface area contributed by atoms with E-state index in [0.29, 0.717) is 26.1 Å². The molecule has 0 radical (unpaired) electrons. The molecule has 1 N–H and O–H groups in total. The number of carbonyl (C=O) groups is 2. The van der Waals surface area contributed by atoms with Crippen molar-refractivity contribution in [2.45, 2.75) is 32.6 Å². The summed E-state index contributed by atoms with van der Waals surface area (Å²) < 4.78 is 13.9. The molecule has 1 fully saturated rings. The highest BCUT2D eigenvalue weighted by Gasteiger charge is 2.26. The second kappa shape index (κ2) is 8.29. The van der Waals surface area contributed by atoms with E-state index in [-0.39, 0.29) is 28.3 Å². The minimum atomic E-state index is -0.596. The lowest BCUT2D eigenvalue weighted by Crippen LogP contribution is -2.43. The van der Waals surface area contributed by atoms with E-state index in [9.17, 15) is 14.0 Å². The third kappa shape index (κ3) is 4.93. The lowest BCUT2D eigenvalue weighted by Gasteiger charge is -2.33. The van der Waals surface area contributed by atoms with Crippen LogP contribution in [0.2, 0.25) is 5.02 Å². The van der Waals surface area contributed by atoms with Crippen molar-refractivity contribution in [1.29, 1.82) is 0 Å². The summed E-state index contributed by atoms with van der Waals surface area (Å²) >= 11 is 5.72. The fourth-order valence-electron chi connectivity index (χ4n) is 2.82. The van der Waals surface area contributed by atoms with Crippen molar-refractivity contribution >= 4 is 23.4 Å². The Morgan fingerprint density at radius 3 is 2.91 bits per heavy atom. The van der Waals surface area contributed by atoms with E-state index >= 15 is 0 Å². The second-order valence-electron chi connectivity index (χ2n) is 5.94. The molecule has 1 atom stereocenters. The maximum absolute atomic E-state index is 13.9. The summed E-state index contributed by atoms with van der Waals surface area (Å²) in [6.45, 7) is 3.67. The number of amides is 2. The molecule has 1 aliphatic rings. The highest BCUT2D eigenvalue weighted by Crippen LogP contribution is 2.21. The van der Waals surface area contributed by atoms with Gasteiger partial charge < -0.3 is 10.2 Å². The lowest BCUT2D eigenvalue weighted by atomic mass is 9.97. The molecule has 1 saturated heterocycles. The SMILES string of the molecule is CCCC(=O)NCC1CCCN(C(=O)c2ccc(Cl)cc2F)C1. The average Bonchev–Trinajstić information content (AvgIpc) is 2.53. The van der Waals surface area contributed by atoms with Crippen LogP contribution in [-0.4, -0.2) is 36.3 Å². The second-order valence-corrected chi connectivity index (χ2v) is 6.37. The summed E-state index contributed by atoms with van der Waals surface area (Å²) in [5, 5.41) is 3.18. The van der Waals surface area contributed by atoms with Crippen molar-refractivity contribution < 1.29 is 14.0 Å². The van der Waals surface area contributed by atoms with E-state index in [4.69, 9.17) is 11.6 Å². The topological polar surface area (TPSA) is 49.4 Å². The van der Waals surface area contributed by atoms with Gasteiger partial charge in [0.25, 0.3) is 5.91 Å². The molecule has 1 aromatic carbocycles. The van der Waals surface area contributed by atoms with Crippen LogP contribution < -0.4 is 5.32 Å². The van der Waals surface area contributed by atoms with Crippen molar-refractivity contribution in [3.05, 3.63) is 34.6 Å². The molecule has 1 aliphatic heterocycles. The molecule has 2 amide bonds. The number of hydrogen-bond donors (Lipinski definition) is 1. The molecule has 0 saturated carbocycles. The first kappa shape index (κ1) is 17.7. The molecule has 126 valence electrons. The number of rotatable bonds is 5. The van der Waals surface area contributed by atoms with Gasteiger partial charge >= 0.3 is 0 Å². The Morgan fingerprint density at radius 2 is 2.22 bits per heavy atom. The number of carbonyl (C=O) groups excluding carboxylic acids is 2. The number of hydrogen-bond acceptors (Lipinski definition) is 2. The molecule has 1 unspecified atom stereocenters. The molecule has 1 heterocycles. The maximum Gasteiger partial charge on any atom is 0.256 e. The molecule has 23 heavy (non-hydrogen) atoms. The van der Waals surface area contributed by atoms with Gasteiger partial charge in [0, 0.05) is 31.1 Å². The largest absolute Gasteiger partial charge is 0.356 e. The molecule has 6 heteroatoms. The predicted octanol–water partition coefficient (Wildman–Crippen LogP) is 3.25. The van der Waals surface area contributed by atoms with Crippen LogP contribution in [0.4, 0.5) is 4.39 Å². The fraction of sp³-hybridized carbons (Fsp3) is 0.529. The van der Waals surface area contributed by atoms with E-state index in [1.807, 2.05) is 6.92 Å². The van der Waals surface area contributed by atoms with Gasteiger partial charge in [-0.05, 0) is 43.4 Å². The Balaban J connectivity index is 1.95. The molecule has 0 aromatic heterocycles. The molecule has 2 rings (SSSR count). The highest BCUT2D eigenvalue weighted by molar-refractivity contribution is 6.30. The van der Waals surface area contributed by atoms with Gasteiger partial charge in [-0.1, -0.05) is 18.5 Å². The third-order valence-corrected chi connectivity index (χ3v) is 4.27. The third-order valence-electron chi connectivity index (χ3n) is 4.03. The molecule has 0 aliphatic carbocycles. The maximum atomic E-state index is 13.9. The minimum Gasteiger partial charge on any atom is -0.356 e. The minimum absolute atomic E-state index is 0.0414. The van der Waals surface area contributed by atoms with Gasteiger partial charge in [-0.25, -0.2) is 4.39 Å². The summed E-state index contributed by atoms with van der Waals surface area (Å²) in [4.78, 5) is 25.7. The number of piperidine rings is 1. The Morgan fingerprint density at radius 1 is 1.43 bits per heavy atom. The summed E-state index contributed by atoms with van der Waals surface area (Å²) in [5.74, 6) is -0.659. The van der Waals surface area contributed by atoms with Crippen LogP contribution in [-0.2, 0) is 4.79 Å². The van der Waals surface area contributed by atoms with Crippen LogP contribution in [0.25, 0.3) is 0 Å². The Kier molecular flexibility index (Phi) is 6.39. The van der Waals surface area contributed by atoms with Crippen LogP contribution in [0.1, 0.15) is 43.0 Å². The van der Waals surface area contributed by atoms with Gasteiger partial charge in [-0.15, -0.1) is 0 Å². The predicted molar refractivity (Wildman–Crippen MR) is 88.0 cm³/mol. The molecule has 1 aromatic rings. The first-order valence-electron chi connectivity index (χ1n) is 8.02. The number of nitrogens with zero attached hydrogens (tertiary/aromatic N) is 1. The zero-order valence-corrected chi connectivity index (χ0v) is 14.0. The fourth-order valence-corrected chi connectivity index (χ4v) is 2.98. The lowest BCUT2D eigenvalue weighted by molar-refractivity contribution is -0.121. The van der Waals surface area contributed by atoms with E-state index in [1.54, 1.807) is 4.90 Å². The quantitative estimate of drug-likeness (QED) is 0.894. The van der Waals surface area contributed by atoms with Gasteiger partial charge in [-0.2, -0.15) is 0 Å². The number of halogens is 2. The highest BCUT2D eigenvalue weighted by atomic mass is 35.5. The standard InChI is InChI=1S/C17H22ClFN2O2/c1-2-4-16(22)20-10-12-5-3-8-21(11-12)17(23)14-7-6-13(18)9-15(14)19/h6-7,9,12H,2-5,8,10-11H2,1H3,(H,20,22). The Hall–Kier alpha value is -1.62. The van der Waals surface area contributed by atoms with Crippen LogP contribution in [0, 0.1) is 11.7 Å². The van der Waals surface area contributed by atoms with Gasteiger partial charge in [0.15, 0.2) is 0 Å². The van der Waals surface area contributed by atoms with E-state index < -0.39 is 5.82 Å². The van der Waals surface area contributed by atoms with E-state index in [0.717, 1.165) is 25.3 Å². The first-order chi connectivity index (χ1) is 11.0. The number of nitrogens with one attached hydrogen (secondary N) is 1. The van der Waals surface area contributed by atoms with Crippen molar-refractivity contribution in [1.82, 2.24) is 10.2 Å². The Labute approximate surface area is 141 Å². The summed E-state index contributed by atoms with van der Waals surface area (Å²) in [6, 6.07) is 4.10. The van der Waals surface area contributed by atoms with Crippen LogP contribution >= 0.6 is 11.6 Å². The van der Waals surface area contributed by atoms with Crippen LogP contribution in [0.5, 0.6) is 0 Å². The smallest absolute Gasteiger partial charge is 0.256 e. The zero-order valence-electron chi connectivity index (χ0n) is 13.3. The van der Waals surface area contributed by atoms with Crippen LogP contribution in [0.3, 0.4) is 0 Å². The Bertz CT molecular complexity index is 580. The van der Waals surface area contributed by atoms with Gasteiger partial charge in [-0.3, -0.25) is 9.59 Å². The van der Waals surface area contributed by atoms with E-state index in [1.165, 1.54) is 12.1 Å². The average molecular weight is 341 g/mol. The van der Waals surface area contributed by atoms with Gasteiger partial charge in [0.05, 0.1) is 5.56 Å². The molecular formula is C17H22ClFN2O2. The summed E-state index contributed by atoms with van der Waals surface area (Å²) in [7, 11) is 0. The summed E-state index contributed by atoms with van der Waals surface area (Å²) in [5.41, 5.74) is 0.0464. The summed E-state index contributed by atoms with van der Waals surface area (Å²) in [6.07, 6.45) is 3.15. The molecule has 0 bridgehead atoms. The zero-order chi connectivity index (χ0) is 16.8. The molecule has 0 spiro atoms. The number of benzene rings is 1. The van der Waals surface area contributed by atoms with Crippen molar-refractivity contribution in [3.8, 4) is 0 Å². The molecule has 4 nitrogen and oxygen atoms in total. The van der Waals surface area contributed by atoms with Crippen molar-refractivity contribution in [2.75, 3.05) is 19.6 Å².